The van der Waals surface area contributed by atoms with Gasteiger partial charge >= 0.3 is 11.8 Å². The van der Waals surface area contributed by atoms with Crippen molar-refractivity contribution >= 4 is 39.0 Å². The monoisotopic (exact) mass is 510 g/mol. The van der Waals surface area contributed by atoms with Crippen LogP contribution in [0.1, 0.15) is 54.2 Å². The highest BCUT2D eigenvalue weighted by Crippen LogP contribution is 2.48. The summed E-state index contributed by atoms with van der Waals surface area (Å²) in [5.74, 6) is -1.49. The summed E-state index contributed by atoms with van der Waals surface area (Å²) in [5, 5.41) is 8.94. The van der Waals surface area contributed by atoms with E-state index in [0.29, 0.717) is 30.8 Å². The number of rotatable bonds is 5. The van der Waals surface area contributed by atoms with Crippen molar-refractivity contribution in [3.63, 3.8) is 0 Å². The van der Waals surface area contributed by atoms with E-state index < -0.39 is 32.4 Å². The van der Waals surface area contributed by atoms with Crippen LogP contribution in [0.2, 0.25) is 0 Å². The Kier molecular flexibility index (Phi) is 5.53. The second kappa shape index (κ2) is 8.14. The maximum atomic E-state index is 13.0. The fourth-order valence-corrected chi connectivity index (χ4v) is 6.42. The number of hydrogen-bond acceptors (Lipinski definition) is 6. The van der Waals surface area contributed by atoms with Gasteiger partial charge in [-0.2, -0.15) is 0 Å². The quantitative estimate of drug-likeness (QED) is 0.469. The number of nitrogens with one attached hydrogen (secondary N) is 1. The lowest BCUT2D eigenvalue weighted by molar-refractivity contribution is -0.145. The maximum Gasteiger partial charge on any atom is 0.316 e. The van der Waals surface area contributed by atoms with E-state index in [1.165, 1.54) is 9.80 Å². The molecule has 1 saturated heterocycles. The average Bonchev–Trinajstić information content (AvgIpc) is 3.63. The van der Waals surface area contributed by atoms with Gasteiger partial charge in [0.15, 0.2) is 5.78 Å². The van der Waals surface area contributed by atoms with E-state index in [9.17, 15) is 22.8 Å². The van der Waals surface area contributed by atoms with Crippen LogP contribution in [0.3, 0.4) is 0 Å². The highest BCUT2D eigenvalue weighted by molar-refractivity contribution is 7.91. The van der Waals surface area contributed by atoms with Crippen molar-refractivity contribution in [3.05, 3.63) is 59.2 Å². The van der Waals surface area contributed by atoms with Crippen LogP contribution in [0.25, 0.3) is 0 Å². The number of hydrogen-bond donors (Lipinski definition) is 2. The molecule has 2 aromatic rings. The molecule has 0 radical (unpaired) electrons. The third kappa shape index (κ3) is 3.88. The van der Waals surface area contributed by atoms with Crippen molar-refractivity contribution in [2.24, 2.45) is 10.6 Å². The van der Waals surface area contributed by atoms with Crippen LogP contribution in [0.4, 0.5) is 11.4 Å². The van der Waals surface area contributed by atoms with Gasteiger partial charge in [0, 0.05) is 37.1 Å². The first-order valence-corrected chi connectivity index (χ1v) is 13.5. The fraction of sp³-hybridized carbons (Fsp3) is 0.423. The average molecular weight is 511 g/mol. The summed E-state index contributed by atoms with van der Waals surface area (Å²) in [4.78, 5) is 40.8. The first kappa shape index (κ1) is 24.5. The molecule has 2 fully saturated rings. The van der Waals surface area contributed by atoms with Crippen LogP contribution in [0.15, 0.2) is 42.5 Å². The largest absolute Gasteiger partial charge is 0.377 e. The van der Waals surface area contributed by atoms with Crippen LogP contribution >= 0.6 is 0 Å². The number of sulfonamides is 1. The number of piperazine rings is 1. The number of Topliss-reactive ketones (excluding diaryl/α,β-unsaturated/α-hetero) is 1. The zero-order valence-electron chi connectivity index (χ0n) is 20.6. The molecule has 2 heterocycles. The number of nitrogens with two attached hydrogens (primary N) is 1. The highest BCUT2D eigenvalue weighted by Gasteiger charge is 2.59. The molecule has 3 N–H and O–H groups in total. The Morgan fingerprint density at radius 3 is 2.44 bits per heavy atom. The Balaban J connectivity index is 1.43. The van der Waals surface area contributed by atoms with E-state index in [4.69, 9.17) is 5.14 Å². The molecule has 0 bridgehead atoms. The van der Waals surface area contributed by atoms with Gasteiger partial charge in [-0.05, 0) is 66.1 Å². The third-order valence-corrected chi connectivity index (χ3v) is 9.39. The number of fused-ring (bicyclic) bond motifs is 1. The molecule has 10 heteroatoms. The predicted octanol–water partition coefficient (Wildman–Crippen LogP) is 2.23. The molecule has 5 rings (SSSR count). The molecular weight excluding hydrogens is 480 g/mol. The Bertz CT molecular complexity index is 1400. The minimum Gasteiger partial charge on any atom is -0.377 e. The molecule has 2 amide bonds. The third-order valence-electron chi connectivity index (χ3n) is 7.71. The lowest BCUT2D eigenvalue weighted by Gasteiger charge is -2.42. The van der Waals surface area contributed by atoms with Crippen molar-refractivity contribution in [1.29, 1.82) is 0 Å². The van der Waals surface area contributed by atoms with E-state index in [0.717, 1.165) is 16.8 Å². The molecule has 2 aromatic carbocycles. The zero-order chi connectivity index (χ0) is 26.0. The molecular formula is C26H30N4O5S. The summed E-state index contributed by atoms with van der Waals surface area (Å²) in [6, 6.07) is 12.8. The second-order valence-corrected chi connectivity index (χ2v) is 12.6. The standard InChI is InChI=1S/C26H30N4O5S/c1-25(2)15-18-13-17(22(31)26(9-10-26)36(27,34)35)7-8-20(18)28-21(25)16-5-4-6-19(14-16)30-12-11-29(3)23(32)24(30)33/h4-8,13-14,21,28H,9-12,15H2,1-3H3,(H2,27,34,35). The Labute approximate surface area is 210 Å². The molecule has 0 spiro atoms. The van der Waals surface area contributed by atoms with Crippen LogP contribution in [-0.4, -0.2) is 55.8 Å². The van der Waals surface area contributed by atoms with Crippen molar-refractivity contribution in [2.45, 2.75) is 43.9 Å². The Morgan fingerprint density at radius 2 is 1.78 bits per heavy atom. The molecule has 1 aliphatic carbocycles. The molecule has 3 aliphatic rings. The second-order valence-electron chi connectivity index (χ2n) is 10.8. The summed E-state index contributed by atoms with van der Waals surface area (Å²) in [6.45, 7) is 5.15. The zero-order valence-corrected chi connectivity index (χ0v) is 21.4. The van der Waals surface area contributed by atoms with Gasteiger partial charge in [-0.25, -0.2) is 13.6 Å². The SMILES string of the molecule is CN1CCN(c2cccc(C3Nc4ccc(C(=O)C5(S(N)(=O)=O)CC5)cc4CC3(C)C)c2)C(=O)C1=O. The van der Waals surface area contributed by atoms with Crippen LogP contribution in [-0.2, 0) is 26.0 Å². The summed E-state index contributed by atoms with van der Waals surface area (Å²) in [7, 11) is -2.34. The topological polar surface area (TPSA) is 130 Å². The summed E-state index contributed by atoms with van der Waals surface area (Å²) >= 11 is 0. The first-order chi connectivity index (χ1) is 16.8. The smallest absolute Gasteiger partial charge is 0.316 e. The number of carbonyl (C=O) groups is 3. The highest BCUT2D eigenvalue weighted by atomic mass is 32.2. The van der Waals surface area contributed by atoms with Crippen molar-refractivity contribution < 1.29 is 22.8 Å². The molecule has 0 aromatic heterocycles. The number of amides is 2. The van der Waals surface area contributed by atoms with Gasteiger partial charge in [-0.1, -0.05) is 26.0 Å². The molecule has 2 aliphatic heterocycles. The minimum absolute atomic E-state index is 0.0936. The first-order valence-electron chi connectivity index (χ1n) is 12.0. The van der Waals surface area contributed by atoms with Crippen molar-refractivity contribution in [3.8, 4) is 0 Å². The van der Waals surface area contributed by atoms with Gasteiger partial charge < -0.3 is 15.1 Å². The van der Waals surface area contributed by atoms with Gasteiger partial charge in [-0.3, -0.25) is 14.4 Å². The number of carbonyl (C=O) groups excluding carboxylic acids is 3. The molecule has 1 unspecified atom stereocenters. The van der Waals surface area contributed by atoms with E-state index in [1.54, 1.807) is 19.2 Å². The number of benzene rings is 2. The van der Waals surface area contributed by atoms with E-state index >= 15 is 0 Å². The molecule has 36 heavy (non-hydrogen) atoms. The fourth-order valence-electron chi connectivity index (χ4n) is 5.37. The van der Waals surface area contributed by atoms with E-state index in [1.807, 2.05) is 30.3 Å². The lowest BCUT2D eigenvalue weighted by Crippen LogP contribution is -2.53. The van der Waals surface area contributed by atoms with Crippen LogP contribution < -0.4 is 15.4 Å². The van der Waals surface area contributed by atoms with Crippen LogP contribution in [0.5, 0.6) is 0 Å². The summed E-state index contributed by atoms with van der Waals surface area (Å²) in [6.07, 6.45) is 1.16. The van der Waals surface area contributed by atoms with Gasteiger partial charge in [0.2, 0.25) is 10.0 Å². The van der Waals surface area contributed by atoms with Crippen molar-refractivity contribution in [2.75, 3.05) is 30.4 Å². The van der Waals surface area contributed by atoms with E-state index in [-0.39, 0.29) is 24.3 Å². The molecule has 9 nitrogen and oxygen atoms in total. The van der Waals surface area contributed by atoms with Gasteiger partial charge in [-0.15, -0.1) is 0 Å². The van der Waals surface area contributed by atoms with Gasteiger partial charge in [0.05, 0.1) is 6.04 Å². The van der Waals surface area contributed by atoms with Gasteiger partial charge in [0.1, 0.15) is 4.75 Å². The number of likely N-dealkylation sites (N-methyl/N-ethyl adjacent to an activating group) is 1. The summed E-state index contributed by atoms with van der Waals surface area (Å²) < 4.78 is 22.6. The molecule has 190 valence electrons. The summed E-state index contributed by atoms with van der Waals surface area (Å²) in [5.41, 5.74) is 3.55. The Hall–Kier alpha value is -3.24. The molecule has 1 atom stereocenters. The number of anilines is 2. The minimum atomic E-state index is -3.97. The number of ketones is 1. The normalized spacial score (nSPS) is 22.6. The maximum absolute atomic E-state index is 13.0. The lowest BCUT2D eigenvalue weighted by atomic mass is 9.72. The molecule has 1 saturated carbocycles. The van der Waals surface area contributed by atoms with E-state index in [2.05, 4.69) is 19.2 Å². The predicted molar refractivity (Wildman–Crippen MR) is 136 cm³/mol. The van der Waals surface area contributed by atoms with Gasteiger partial charge in [0.25, 0.3) is 0 Å². The van der Waals surface area contributed by atoms with Crippen molar-refractivity contribution in [1.82, 2.24) is 4.90 Å². The Morgan fingerprint density at radius 1 is 1.06 bits per heavy atom. The van der Waals surface area contributed by atoms with Crippen LogP contribution in [0, 0.1) is 5.41 Å². The number of primary sulfonamides is 1. The number of nitrogens with zero attached hydrogens (tertiary/aromatic N) is 2.